The number of nitrogens with one attached hydrogen (secondary N) is 1. The number of likely N-dealkylation sites (tertiary alicyclic amines) is 1. The molecule has 1 atom stereocenters. The van der Waals surface area contributed by atoms with E-state index >= 15 is 0 Å². The average molecular weight is 309 g/mol. The van der Waals surface area contributed by atoms with Gasteiger partial charge in [0.2, 0.25) is 5.91 Å². The van der Waals surface area contributed by atoms with Crippen molar-refractivity contribution in [3.05, 3.63) is 34.9 Å². The highest BCUT2D eigenvalue weighted by atomic mass is 35.5. The van der Waals surface area contributed by atoms with Crippen LogP contribution in [-0.4, -0.2) is 36.5 Å². The van der Waals surface area contributed by atoms with E-state index in [0.717, 1.165) is 18.7 Å². The number of piperidine rings is 1. The third-order valence-electron chi connectivity index (χ3n) is 4.12. The summed E-state index contributed by atoms with van der Waals surface area (Å²) in [7, 11) is 0. The zero-order chi connectivity index (χ0) is 15.2. The molecule has 0 aliphatic carbocycles. The molecule has 1 amide bonds. The molecule has 1 aromatic carbocycles. The molecule has 1 unspecified atom stereocenters. The van der Waals surface area contributed by atoms with Crippen LogP contribution in [0.15, 0.2) is 24.3 Å². The predicted octanol–water partition coefficient (Wildman–Crippen LogP) is 3.12. The molecule has 0 aromatic heterocycles. The van der Waals surface area contributed by atoms with Crippen molar-refractivity contribution >= 4 is 17.5 Å². The van der Waals surface area contributed by atoms with Crippen LogP contribution in [0.4, 0.5) is 0 Å². The molecule has 3 nitrogen and oxygen atoms in total. The topological polar surface area (TPSA) is 32.3 Å². The Balaban J connectivity index is 1.76. The Morgan fingerprint density at radius 2 is 2.29 bits per heavy atom. The van der Waals surface area contributed by atoms with Gasteiger partial charge >= 0.3 is 0 Å². The third-order valence-corrected chi connectivity index (χ3v) is 4.36. The fourth-order valence-corrected chi connectivity index (χ4v) is 3.10. The van der Waals surface area contributed by atoms with Crippen LogP contribution in [-0.2, 0) is 11.2 Å². The van der Waals surface area contributed by atoms with Crippen LogP contribution in [0.1, 0.15) is 32.3 Å². The molecule has 21 heavy (non-hydrogen) atoms. The highest BCUT2D eigenvalue weighted by molar-refractivity contribution is 6.30. The van der Waals surface area contributed by atoms with Crippen LogP contribution in [0, 0.1) is 5.92 Å². The average Bonchev–Trinajstić information content (AvgIpc) is 2.45. The van der Waals surface area contributed by atoms with Crippen LogP contribution < -0.4 is 5.32 Å². The van der Waals surface area contributed by atoms with Gasteiger partial charge in [-0.2, -0.15) is 0 Å². The van der Waals surface area contributed by atoms with E-state index in [1.165, 1.54) is 19.4 Å². The number of carbonyl (C=O) groups is 1. The van der Waals surface area contributed by atoms with E-state index in [1.54, 1.807) is 0 Å². The lowest BCUT2D eigenvalue weighted by Gasteiger charge is -2.35. The Morgan fingerprint density at radius 3 is 3.00 bits per heavy atom. The van der Waals surface area contributed by atoms with E-state index in [9.17, 15) is 4.79 Å². The highest BCUT2D eigenvalue weighted by Crippen LogP contribution is 2.17. The molecule has 0 saturated carbocycles. The van der Waals surface area contributed by atoms with E-state index < -0.39 is 0 Å². The lowest BCUT2D eigenvalue weighted by atomic mass is 9.97. The van der Waals surface area contributed by atoms with Gasteiger partial charge in [-0.15, -0.1) is 0 Å². The molecule has 0 spiro atoms. The van der Waals surface area contributed by atoms with Crippen molar-refractivity contribution in [1.82, 2.24) is 10.2 Å². The number of carbonyl (C=O) groups excluding carboxylic acids is 1. The smallest absolute Gasteiger partial charge is 0.224 e. The van der Waals surface area contributed by atoms with Crippen LogP contribution in [0.2, 0.25) is 5.02 Å². The molecular weight excluding hydrogens is 284 g/mol. The van der Waals surface area contributed by atoms with Gasteiger partial charge in [0, 0.05) is 24.2 Å². The van der Waals surface area contributed by atoms with Gasteiger partial charge in [0.25, 0.3) is 0 Å². The normalized spacial score (nSPS) is 19.7. The van der Waals surface area contributed by atoms with E-state index in [1.807, 2.05) is 24.3 Å². The van der Waals surface area contributed by atoms with Crippen molar-refractivity contribution in [2.24, 2.45) is 5.92 Å². The number of benzene rings is 1. The van der Waals surface area contributed by atoms with Gasteiger partial charge in [0.05, 0.1) is 6.42 Å². The summed E-state index contributed by atoms with van der Waals surface area (Å²) in [5.74, 6) is 0.656. The molecule has 1 fully saturated rings. The van der Waals surface area contributed by atoms with Crippen molar-refractivity contribution in [2.45, 2.75) is 39.2 Å². The number of halogens is 1. The summed E-state index contributed by atoms with van der Waals surface area (Å²) in [6.45, 7) is 7.53. The zero-order valence-electron chi connectivity index (χ0n) is 12.9. The van der Waals surface area contributed by atoms with Crippen molar-refractivity contribution in [3.8, 4) is 0 Å². The Labute approximate surface area is 132 Å². The SMILES string of the molecule is CC(C)N1CCCC(CNC(=O)Cc2cccc(Cl)c2)C1. The maximum absolute atomic E-state index is 12.0. The van der Waals surface area contributed by atoms with Gasteiger partial charge in [0.15, 0.2) is 0 Å². The van der Waals surface area contributed by atoms with Crippen LogP contribution in [0.5, 0.6) is 0 Å². The van der Waals surface area contributed by atoms with E-state index in [2.05, 4.69) is 24.1 Å². The number of hydrogen-bond acceptors (Lipinski definition) is 2. The summed E-state index contributed by atoms with van der Waals surface area (Å²) in [6, 6.07) is 8.09. The summed E-state index contributed by atoms with van der Waals surface area (Å²) < 4.78 is 0. The first-order valence-corrected chi connectivity index (χ1v) is 8.17. The summed E-state index contributed by atoms with van der Waals surface area (Å²) in [5, 5.41) is 3.75. The minimum Gasteiger partial charge on any atom is -0.355 e. The van der Waals surface area contributed by atoms with Gasteiger partial charge in [-0.3, -0.25) is 4.79 Å². The maximum Gasteiger partial charge on any atom is 0.224 e. The van der Waals surface area contributed by atoms with Crippen LogP contribution >= 0.6 is 11.6 Å². The molecule has 0 bridgehead atoms. The Kier molecular flexibility index (Phi) is 6.07. The first kappa shape index (κ1) is 16.3. The van der Waals surface area contributed by atoms with Crippen LogP contribution in [0.3, 0.4) is 0 Å². The lowest BCUT2D eigenvalue weighted by molar-refractivity contribution is -0.120. The second kappa shape index (κ2) is 7.81. The number of amides is 1. The zero-order valence-corrected chi connectivity index (χ0v) is 13.7. The molecule has 1 aliphatic heterocycles. The summed E-state index contributed by atoms with van der Waals surface area (Å²) in [6.07, 6.45) is 2.84. The quantitative estimate of drug-likeness (QED) is 0.906. The predicted molar refractivity (Wildman–Crippen MR) is 87.6 cm³/mol. The van der Waals surface area contributed by atoms with Crippen molar-refractivity contribution < 1.29 is 4.79 Å². The Hall–Kier alpha value is -1.06. The lowest BCUT2D eigenvalue weighted by Crippen LogP contribution is -2.43. The first-order valence-electron chi connectivity index (χ1n) is 7.80. The second-order valence-corrected chi connectivity index (χ2v) is 6.64. The fraction of sp³-hybridized carbons (Fsp3) is 0.588. The number of nitrogens with zero attached hydrogens (tertiary/aromatic N) is 1. The molecule has 2 rings (SSSR count). The molecular formula is C17H25ClN2O. The fourth-order valence-electron chi connectivity index (χ4n) is 2.89. The maximum atomic E-state index is 12.0. The van der Waals surface area contributed by atoms with Gasteiger partial charge in [-0.25, -0.2) is 0 Å². The third kappa shape index (κ3) is 5.33. The molecule has 116 valence electrons. The van der Waals surface area contributed by atoms with E-state index in [-0.39, 0.29) is 5.91 Å². The van der Waals surface area contributed by atoms with E-state index in [4.69, 9.17) is 11.6 Å². The van der Waals surface area contributed by atoms with Crippen molar-refractivity contribution in [3.63, 3.8) is 0 Å². The van der Waals surface area contributed by atoms with Gasteiger partial charge in [-0.05, 0) is 56.8 Å². The largest absolute Gasteiger partial charge is 0.355 e. The monoisotopic (exact) mass is 308 g/mol. The molecule has 4 heteroatoms. The van der Waals surface area contributed by atoms with Crippen LogP contribution in [0.25, 0.3) is 0 Å². The summed E-state index contributed by atoms with van der Waals surface area (Å²) >= 11 is 5.94. The van der Waals surface area contributed by atoms with E-state index in [0.29, 0.717) is 23.4 Å². The standard InChI is InChI=1S/C17H25ClN2O/c1-13(2)20-8-4-6-15(12-20)11-19-17(21)10-14-5-3-7-16(18)9-14/h3,5,7,9,13,15H,4,6,8,10-12H2,1-2H3,(H,19,21). The minimum atomic E-state index is 0.0823. The molecule has 1 aromatic rings. The molecule has 1 aliphatic rings. The van der Waals surface area contributed by atoms with Crippen molar-refractivity contribution in [2.75, 3.05) is 19.6 Å². The number of rotatable bonds is 5. The molecule has 1 N–H and O–H groups in total. The first-order chi connectivity index (χ1) is 10.0. The van der Waals surface area contributed by atoms with Gasteiger partial charge < -0.3 is 10.2 Å². The summed E-state index contributed by atoms with van der Waals surface area (Å²) in [4.78, 5) is 14.5. The molecule has 1 saturated heterocycles. The Bertz CT molecular complexity index is 476. The van der Waals surface area contributed by atoms with Crippen molar-refractivity contribution in [1.29, 1.82) is 0 Å². The highest BCUT2D eigenvalue weighted by Gasteiger charge is 2.21. The summed E-state index contributed by atoms with van der Waals surface area (Å²) in [5.41, 5.74) is 0.965. The molecule has 1 heterocycles. The minimum absolute atomic E-state index is 0.0823. The number of hydrogen-bond donors (Lipinski definition) is 1. The Morgan fingerprint density at radius 1 is 1.48 bits per heavy atom. The molecule has 0 radical (unpaired) electrons. The second-order valence-electron chi connectivity index (χ2n) is 6.21. The van der Waals surface area contributed by atoms with Gasteiger partial charge in [-0.1, -0.05) is 23.7 Å². The van der Waals surface area contributed by atoms with Gasteiger partial charge in [0.1, 0.15) is 0 Å².